The maximum atomic E-state index is 12.9. The Labute approximate surface area is 116 Å². The van der Waals surface area contributed by atoms with E-state index in [4.69, 9.17) is 0 Å². The van der Waals surface area contributed by atoms with Gasteiger partial charge in [-0.1, -0.05) is 19.1 Å². The van der Waals surface area contributed by atoms with Gasteiger partial charge >= 0.3 is 0 Å². The third-order valence-corrected chi connectivity index (χ3v) is 4.07. The minimum absolute atomic E-state index is 0.150. The fraction of sp³-hybridized carbons (Fsp3) is 0.625. The van der Waals surface area contributed by atoms with Gasteiger partial charge in [0.15, 0.2) is 0 Å². The van der Waals surface area contributed by atoms with Gasteiger partial charge in [0.2, 0.25) is 0 Å². The first-order valence-corrected chi connectivity index (χ1v) is 7.38. The molecule has 0 spiro atoms. The number of hydrogen-bond donors (Lipinski definition) is 1. The van der Waals surface area contributed by atoms with E-state index in [-0.39, 0.29) is 5.82 Å². The Hall–Kier alpha value is -0.930. The zero-order valence-electron chi connectivity index (χ0n) is 12.0. The van der Waals surface area contributed by atoms with E-state index in [0.29, 0.717) is 6.04 Å². The molecule has 2 atom stereocenters. The van der Waals surface area contributed by atoms with Crippen LogP contribution in [0.2, 0.25) is 0 Å². The van der Waals surface area contributed by atoms with E-state index in [2.05, 4.69) is 24.1 Å². The number of benzene rings is 1. The molecule has 0 saturated carbocycles. The molecule has 1 aromatic rings. The molecule has 1 heterocycles. The van der Waals surface area contributed by atoms with Gasteiger partial charge in [-0.3, -0.25) is 4.90 Å². The quantitative estimate of drug-likeness (QED) is 0.850. The van der Waals surface area contributed by atoms with E-state index in [9.17, 15) is 4.39 Å². The van der Waals surface area contributed by atoms with Crippen LogP contribution in [0.5, 0.6) is 0 Å². The summed E-state index contributed by atoms with van der Waals surface area (Å²) in [6.45, 7) is 9.01. The molecule has 1 aliphatic rings. The lowest BCUT2D eigenvalue weighted by molar-refractivity contribution is 0.247. The van der Waals surface area contributed by atoms with Crippen LogP contribution in [0.15, 0.2) is 24.3 Å². The summed E-state index contributed by atoms with van der Waals surface area (Å²) in [6.07, 6.45) is 2.30. The standard InChI is InChI=1S/C16H25FN2/c1-3-18-11-15-8-9-19(12-15)13(2)10-14-4-6-16(17)7-5-14/h4-7,13,15,18H,3,8-12H2,1-2H3. The first-order chi connectivity index (χ1) is 9.19. The van der Waals surface area contributed by atoms with Crippen molar-refractivity contribution in [2.75, 3.05) is 26.2 Å². The number of rotatable bonds is 6. The second kappa shape index (κ2) is 7.01. The van der Waals surface area contributed by atoms with Crippen molar-refractivity contribution in [3.8, 4) is 0 Å². The Balaban J connectivity index is 1.80. The highest BCUT2D eigenvalue weighted by Crippen LogP contribution is 2.20. The summed E-state index contributed by atoms with van der Waals surface area (Å²) in [5.41, 5.74) is 1.23. The SMILES string of the molecule is CCNCC1CCN(C(C)Cc2ccc(F)cc2)C1. The molecule has 19 heavy (non-hydrogen) atoms. The molecule has 2 rings (SSSR count). The fourth-order valence-electron chi connectivity index (χ4n) is 2.87. The van der Waals surface area contributed by atoms with Crippen LogP contribution >= 0.6 is 0 Å². The predicted octanol–water partition coefficient (Wildman–Crippen LogP) is 2.69. The first kappa shape index (κ1) is 14.5. The van der Waals surface area contributed by atoms with Crippen LogP contribution in [-0.2, 0) is 6.42 Å². The molecule has 106 valence electrons. The van der Waals surface area contributed by atoms with Gasteiger partial charge in [-0.2, -0.15) is 0 Å². The monoisotopic (exact) mass is 264 g/mol. The molecule has 0 radical (unpaired) electrons. The smallest absolute Gasteiger partial charge is 0.123 e. The molecular formula is C16H25FN2. The van der Waals surface area contributed by atoms with E-state index >= 15 is 0 Å². The molecule has 0 bridgehead atoms. The highest BCUT2D eigenvalue weighted by atomic mass is 19.1. The minimum atomic E-state index is -0.150. The van der Waals surface area contributed by atoms with Gasteiger partial charge in [-0.05, 0) is 63.0 Å². The van der Waals surface area contributed by atoms with Gasteiger partial charge in [0.05, 0.1) is 0 Å². The van der Waals surface area contributed by atoms with E-state index < -0.39 is 0 Å². The van der Waals surface area contributed by atoms with Crippen molar-refractivity contribution in [2.45, 2.75) is 32.7 Å². The van der Waals surface area contributed by atoms with Gasteiger partial charge in [0, 0.05) is 12.6 Å². The normalized spacial score (nSPS) is 21.7. The molecule has 1 fully saturated rings. The lowest BCUT2D eigenvalue weighted by atomic mass is 10.1. The van der Waals surface area contributed by atoms with Crippen molar-refractivity contribution in [1.29, 1.82) is 0 Å². The Bertz CT molecular complexity index is 377. The van der Waals surface area contributed by atoms with Gasteiger partial charge < -0.3 is 5.32 Å². The van der Waals surface area contributed by atoms with Crippen molar-refractivity contribution in [1.82, 2.24) is 10.2 Å². The van der Waals surface area contributed by atoms with Crippen LogP contribution in [-0.4, -0.2) is 37.1 Å². The molecule has 3 heteroatoms. The zero-order chi connectivity index (χ0) is 13.7. The highest BCUT2D eigenvalue weighted by Gasteiger charge is 2.25. The topological polar surface area (TPSA) is 15.3 Å². The summed E-state index contributed by atoms with van der Waals surface area (Å²) in [4.78, 5) is 2.56. The van der Waals surface area contributed by atoms with Crippen LogP contribution in [0, 0.1) is 11.7 Å². The van der Waals surface area contributed by atoms with Crippen LogP contribution in [0.25, 0.3) is 0 Å². The maximum absolute atomic E-state index is 12.9. The van der Waals surface area contributed by atoms with Crippen molar-refractivity contribution in [3.05, 3.63) is 35.6 Å². The maximum Gasteiger partial charge on any atom is 0.123 e. The van der Waals surface area contributed by atoms with Crippen molar-refractivity contribution >= 4 is 0 Å². The molecule has 2 unspecified atom stereocenters. The molecule has 1 aliphatic heterocycles. The third-order valence-electron chi connectivity index (χ3n) is 4.07. The summed E-state index contributed by atoms with van der Waals surface area (Å²) < 4.78 is 12.9. The molecule has 0 aliphatic carbocycles. The number of hydrogen-bond acceptors (Lipinski definition) is 2. The summed E-state index contributed by atoms with van der Waals surface area (Å²) >= 11 is 0. The number of likely N-dealkylation sites (tertiary alicyclic amines) is 1. The Morgan fingerprint density at radius 3 is 2.79 bits per heavy atom. The predicted molar refractivity (Wildman–Crippen MR) is 77.8 cm³/mol. The van der Waals surface area contributed by atoms with Gasteiger partial charge in [0.25, 0.3) is 0 Å². The molecular weight excluding hydrogens is 239 g/mol. The van der Waals surface area contributed by atoms with E-state index in [1.807, 2.05) is 12.1 Å². The van der Waals surface area contributed by atoms with Gasteiger partial charge in [0.1, 0.15) is 5.82 Å². The Morgan fingerprint density at radius 2 is 2.11 bits per heavy atom. The molecule has 0 aromatic heterocycles. The molecule has 2 nitrogen and oxygen atoms in total. The van der Waals surface area contributed by atoms with Gasteiger partial charge in [-0.15, -0.1) is 0 Å². The summed E-state index contributed by atoms with van der Waals surface area (Å²) in [5, 5.41) is 3.44. The number of nitrogens with one attached hydrogen (secondary N) is 1. The van der Waals surface area contributed by atoms with E-state index in [1.165, 1.54) is 25.1 Å². The fourth-order valence-corrected chi connectivity index (χ4v) is 2.87. The van der Waals surface area contributed by atoms with Crippen molar-refractivity contribution in [3.63, 3.8) is 0 Å². The van der Waals surface area contributed by atoms with E-state index in [0.717, 1.165) is 25.4 Å². The molecule has 1 N–H and O–H groups in total. The second-order valence-corrected chi connectivity index (χ2v) is 5.64. The number of halogens is 1. The zero-order valence-corrected chi connectivity index (χ0v) is 12.0. The average Bonchev–Trinajstić information content (AvgIpc) is 2.88. The lowest BCUT2D eigenvalue weighted by Crippen LogP contribution is -2.34. The third kappa shape index (κ3) is 4.29. The molecule has 1 aromatic carbocycles. The molecule has 0 amide bonds. The molecule has 1 saturated heterocycles. The summed E-state index contributed by atoms with van der Waals surface area (Å²) in [6, 6.07) is 7.45. The van der Waals surface area contributed by atoms with Crippen LogP contribution in [0.1, 0.15) is 25.8 Å². The summed E-state index contributed by atoms with van der Waals surface area (Å²) in [5.74, 6) is 0.638. The number of nitrogens with zero attached hydrogens (tertiary/aromatic N) is 1. The Kier molecular flexibility index (Phi) is 5.34. The first-order valence-electron chi connectivity index (χ1n) is 7.38. The largest absolute Gasteiger partial charge is 0.317 e. The van der Waals surface area contributed by atoms with E-state index in [1.54, 1.807) is 12.1 Å². The van der Waals surface area contributed by atoms with Gasteiger partial charge in [-0.25, -0.2) is 4.39 Å². The summed E-state index contributed by atoms with van der Waals surface area (Å²) in [7, 11) is 0. The Morgan fingerprint density at radius 1 is 1.37 bits per heavy atom. The minimum Gasteiger partial charge on any atom is -0.317 e. The van der Waals surface area contributed by atoms with Crippen molar-refractivity contribution in [2.24, 2.45) is 5.92 Å². The van der Waals surface area contributed by atoms with Crippen LogP contribution in [0.4, 0.5) is 4.39 Å². The van der Waals surface area contributed by atoms with Crippen LogP contribution in [0.3, 0.4) is 0 Å². The second-order valence-electron chi connectivity index (χ2n) is 5.64. The van der Waals surface area contributed by atoms with Crippen molar-refractivity contribution < 1.29 is 4.39 Å². The lowest BCUT2D eigenvalue weighted by Gasteiger charge is -2.24. The van der Waals surface area contributed by atoms with Crippen LogP contribution < -0.4 is 5.32 Å². The highest BCUT2D eigenvalue weighted by molar-refractivity contribution is 5.17. The average molecular weight is 264 g/mol.